The van der Waals surface area contributed by atoms with Gasteiger partial charge in [-0.1, -0.05) is 0 Å². The normalized spacial score (nSPS) is 25.7. The van der Waals surface area contributed by atoms with Crippen molar-refractivity contribution in [2.45, 2.75) is 25.8 Å². The van der Waals surface area contributed by atoms with Gasteiger partial charge in [-0.15, -0.1) is 0 Å². The molecule has 2 bridgehead atoms. The predicted octanol–water partition coefficient (Wildman–Crippen LogP) is 0.396. The lowest BCUT2D eigenvalue weighted by Crippen LogP contribution is -2.48. The van der Waals surface area contributed by atoms with Crippen molar-refractivity contribution < 1.29 is 4.79 Å². The lowest BCUT2D eigenvalue weighted by atomic mass is 9.83. The van der Waals surface area contributed by atoms with Crippen molar-refractivity contribution in [1.82, 2.24) is 9.47 Å². The summed E-state index contributed by atoms with van der Waals surface area (Å²) in [5.74, 6) is 0.769. The first kappa shape index (κ1) is 11.3. The van der Waals surface area contributed by atoms with Crippen LogP contribution in [0.2, 0.25) is 0 Å². The molecule has 1 amide bonds. The first-order valence-electron chi connectivity index (χ1n) is 6.31. The van der Waals surface area contributed by atoms with Crippen LogP contribution >= 0.6 is 0 Å². The van der Waals surface area contributed by atoms with Gasteiger partial charge in [-0.25, -0.2) is 0 Å². The van der Waals surface area contributed by atoms with E-state index in [1.54, 1.807) is 17.6 Å². The van der Waals surface area contributed by atoms with Crippen LogP contribution in [0.1, 0.15) is 25.0 Å². The fourth-order valence-electron chi connectivity index (χ4n) is 3.22. The molecule has 2 aliphatic rings. The molecular formula is C13H17N3O2. The number of anilines is 1. The van der Waals surface area contributed by atoms with Gasteiger partial charge in [0.1, 0.15) is 0 Å². The van der Waals surface area contributed by atoms with Crippen LogP contribution in [0.3, 0.4) is 0 Å². The maximum atomic E-state index is 12.0. The van der Waals surface area contributed by atoms with Gasteiger partial charge in [0.05, 0.1) is 5.69 Å². The van der Waals surface area contributed by atoms with Crippen molar-refractivity contribution in [1.29, 1.82) is 0 Å². The molecule has 0 radical (unpaired) electrons. The first-order chi connectivity index (χ1) is 8.56. The molecule has 1 fully saturated rings. The van der Waals surface area contributed by atoms with Crippen LogP contribution in [0.4, 0.5) is 5.69 Å². The van der Waals surface area contributed by atoms with Gasteiger partial charge < -0.3 is 15.2 Å². The minimum atomic E-state index is -0.0847. The topological polar surface area (TPSA) is 68.3 Å². The van der Waals surface area contributed by atoms with Crippen molar-refractivity contribution in [3.05, 3.63) is 28.2 Å². The number of pyridine rings is 1. The Hall–Kier alpha value is -1.78. The van der Waals surface area contributed by atoms with E-state index in [0.717, 1.165) is 25.2 Å². The van der Waals surface area contributed by atoms with E-state index in [-0.39, 0.29) is 17.4 Å². The Kier molecular flexibility index (Phi) is 2.43. The molecule has 18 heavy (non-hydrogen) atoms. The van der Waals surface area contributed by atoms with E-state index >= 15 is 0 Å². The van der Waals surface area contributed by atoms with Gasteiger partial charge in [0, 0.05) is 38.2 Å². The Morgan fingerprint density at radius 3 is 2.83 bits per heavy atom. The Morgan fingerprint density at radius 1 is 1.33 bits per heavy atom. The molecule has 5 heteroatoms. The van der Waals surface area contributed by atoms with Gasteiger partial charge in [0.15, 0.2) is 0 Å². The maximum Gasteiger partial charge on any atom is 0.273 e. The van der Waals surface area contributed by atoms with Crippen LogP contribution in [0, 0.1) is 5.92 Å². The quantitative estimate of drug-likeness (QED) is 0.721. The Bertz CT molecular complexity index is 564. The molecule has 3 heterocycles. The standard InChI is InChI=1S/C13H17N3O2/c1-8(17)15-5-9-4-10(7-15)12-3-2-11(14)13(18)16(12)6-9/h2-3,9-10H,4-7,14H2,1H3/t9-,10-/m1/s1. The highest BCUT2D eigenvalue weighted by atomic mass is 16.2. The minimum absolute atomic E-state index is 0.0847. The molecule has 0 spiro atoms. The van der Waals surface area contributed by atoms with Crippen molar-refractivity contribution in [2.75, 3.05) is 18.8 Å². The molecule has 0 aliphatic carbocycles. The van der Waals surface area contributed by atoms with Crippen LogP contribution in [0.5, 0.6) is 0 Å². The third-order valence-electron chi connectivity index (χ3n) is 4.08. The number of amides is 1. The number of hydrogen-bond donors (Lipinski definition) is 1. The Labute approximate surface area is 105 Å². The van der Waals surface area contributed by atoms with Crippen LogP contribution < -0.4 is 11.3 Å². The van der Waals surface area contributed by atoms with Crippen LogP contribution in [0.15, 0.2) is 16.9 Å². The van der Waals surface area contributed by atoms with E-state index in [0.29, 0.717) is 18.2 Å². The zero-order chi connectivity index (χ0) is 12.9. The van der Waals surface area contributed by atoms with E-state index < -0.39 is 0 Å². The molecule has 1 aromatic heterocycles. The summed E-state index contributed by atoms with van der Waals surface area (Å²) in [7, 11) is 0. The summed E-state index contributed by atoms with van der Waals surface area (Å²) in [5, 5.41) is 0. The number of nitrogens with two attached hydrogens (primary N) is 1. The molecule has 1 saturated heterocycles. The van der Waals surface area contributed by atoms with Gasteiger partial charge >= 0.3 is 0 Å². The second kappa shape index (κ2) is 3.86. The molecule has 2 aliphatic heterocycles. The smallest absolute Gasteiger partial charge is 0.273 e. The summed E-state index contributed by atoms with van der Waals surface area (Å²) in [6, 6.07) is 3.61. The number of nitrogens with zero attached hydrogens (tertiary/aromatic N) is 2. The molecule has 0 saturated carbocycles. The van der Waals surface area contributed by atoms with E-state index in [2.05, 4.69) is 0 Å². The number of carbonyl (C=O) groups is 1. The summed E-state index contributed by atoms with van der Waals surface area (Å²) in [6.45, 7) is 3.76. The number of aromatic nitrogens is 1. The van der Waals surface area contributed by atoms with E-state index in [1.807, 2.05) is 11.0 Å². The fourth-order valence-corrected chi connectivity index (χ4v) is 3.22. The van der Waals surface area contributed by atoms with Crippen molar-refractivity contribution in [3.63, 3.8) is 0 Å². The molecule has 0 unspecified atom stereocenters. The number of hydrogen-bond acceptors (Lipinski definition) is 3. The number of piperidine rings is 1. The monoisotopic (exact) mass is 247 g/mol. The average Bonchev–Trinajstić information content (AvgIpc) is 2.34. The number of rotatable bonds is 0. The van der Waals surface area contributed by atoms with E-state index in [9.17, 15) is 9.59 Å². The van der Waals surface area contributed by atoms with Gasteiger partial charge in [0.25, 0.3) is 5.56 Å². The molecular weight excluding hydrogens is 230 g/mol. The fraction of sp³-hybridized carbons (Fsp3) is 0.538. The molecule has 5 nitrogen and oxygen atoms in total. The summed E-state index contributed by atoms with van der Waals surface area (Å²) in [5.41, 5.74) is 6.92. The lowest BCUT2D eigenvalue weighted by Gasteiger charge is -2.42. The Balaban J connectivity index is 2.03. The number of carbonyl (C=O) groups excluding carboxylic acids is 1. The summed E-state index contributed by atoms with van der Waals surface area (Å²) < 4.78 is 1.80. The summed E-state index contributed by atoms with van der Waals surface area (Å²) >= 11 is 0. The van der Waals surface area contributed by atoms with Gasteiger partial charge in [0.2, 0.25) is 5.91 Å². The van der Waals surface area contributed by atoms with Crippen molar-refractivity contribution >= 4 is 11.6 Å². The molecule has 2 N–H and O–H groups in total. The third kappa shape index (κ3) is 1.62. The maximum absolute atomic E-state index is 12.0. The van der Waals surface area contributed by atoms with E-state index in [4.69, 9.17) is 5.73 Å². The van der Waals surface area contributed by atoms with Gasteiger partial charge in [-0.3, -0.25) is 9.59 Å². The molecule has 3 rings (SSSR count). The highest BCUT2D eigenvalue weighted by molar-refractivity contribution is 5.73. The van der Waals surface area contributed by atoms with Crippen molar-refractivity contribution in [3.8, 4) is 0 Å². The molecule has 1 aromatic rings. The third-order valence-corrected chi connectivity index (χ3v) is 4.08. The SMILES string of the molecule is CC(=O)N1C[C@H]2C[C@H](C1)c1ccc(N)c(=O)n1C2. The summed E-state index contributed by atoms with van der Waals surface area (Å²) in [4.78, 5) is 25.4. The zero-order valence-corrected chi connectivity index (χ0v) is 10.4. The van der Waals surface area contributed by atoms with E-state index in [1.165, 1.54) is 0 Å². The second-order valence-electron chi connectivity index (χ2n) is 5.35. The second-order valence-corrected chi connectivity index (χ2v) is 5.35. The number of fused-ring (bicyclic) bond motifs is 4. The van der Waals surface area contributed by atoms with Crippen LogP contribution in [-0.2, 0) is 11.3 Å². The van der Waals surface area contributed by atoms with Crippen molar-refractivity contribution in [2.24, 2.45) is 5.92 Å². The predicted molar refractivity (Wildman–Crippen MR) is 68.2 cm³/mol. The van der Waals surface area contributed by atoms with Crippen LogP contribution in [-0.4, -0.2) is 28.5 Å². The number of nitrogen functional groups attached to an aromatic ring is 1. The van der Waals surface area contributed by atoms with Crippen LogP contribution in [0.25, 0.3) is 0 Å². The summed E-state index contributed by atoms with van der Waals surface area (Å²) in [6.07, 6.45) is 1.06. The zero-order valence-electron chi connectivity index (χ0n) is 10.4. The van der Waals surface area contributed by atoms with Gasteiger partial charge in [-0.2, -0.15) is 0 Å². The highest BCUT2D eigenvalue weighted by Crippen LogP contribution is 2.35. The molecule has 2 atom stereocenters. The van der Waals surface area contributed by atoms with Gasteiger partial charge in [-0.05, 0) is 24.5 Å². The molecule has 96 valence electrons. The highest BCUT2D eigenvalue weighted by Gasteiger charge is 2.35. The average molecular weight is 247 g/mol. The number of likely N-dealkylation sites (tertiary alicyclic amines) is 1. The lowest BCUT2D eigenvalue weighted by molar-refractivity contribution is -0.131. The molecule has 0 aromatic carbocycles. The Morgan fingerprint density at radius 2 is 2.11 bits per heavy atom. The largest absolute Gasteiger partial charge is 0.394 e. The first-order valence-corrected chi connectivity index (χ1v) is 6.31. The minimum Gasteiger partial charge on any atom is -0.394 e.